The monoisotopic (exact) mass is 274 g/mol. The van der Waals surface area contributed by atoms with Crippen molar-refractivity contribution < 1.29 is 14.3 Å². The van der Waals surface area contributed by atoms with Crippen LogP contribution in [-0.4, -0.2) is 35.9 Å². The zero-order valence-electron chi connectivity index (χ0n) is 11.5. The van der Waals surface area contributed by atoms with Crippen molar-refractivity contribution in [3.8, 4) is 5.75 Å². The molecule has 0 spiro atoms. The molecular formula is C15H18N2O3. The molecule has 1 N–H and O–H groups in total. The number of anilines is 1. The predicted octanol–water partition coefficient (Wildman–Crippen LogP) is 1.57. The van der Waals surface area contributed by atoms with Gasteiger partial charge in [0.25, 0.3) is 0 Å². The van der Waals surface area contributed by atoms with Gasteiger partial charge in [-0.3, -0.25) is 9.59 Å². The van der Waals surface area contributed by atoms with Crippen molar-refractivity contribution in [1.29, 1.82) is 0 Å². The summed E-state index contributed by atoms with van der Waals surface area (Å²) in [5, 5.41) is 2.73. The van der Waals surface area contributed by atoms with E-state index in [2.05, 4.69) is 5.32 Å². The topological polar surface area (TPSA) is 58.6 Å². The molecule has 1 unspecified atom stereocenters. The third-order valence-corrected chi connectivity index (χ3v) is 3.85. The lowest BCUT2D eigenvalue weighted by molar-refractivity contribution is -0.132. The van der Waals surface area contributed by atoms with Gasteiger partial charge in [-0.1, -0.05) is 0 Å². The highest BCUT2D eigenvalue weighted by Gasteiger charge is 2.31. The Kier molecular flexibility index (Phi) is 3.34. The molecule has 2 amide bonds. The van der Waals surface area contributed by atoms with Crippen LogP contribution in [0.25, 0.3) is 0 Å². The molecule has 1 fully saturated rings. The maximum absolute atomic E-state index is 12.3. The number of fused-ring (bicyclic) bond motifs is 2. The summed E-state index contributed by atoms with van der Waals surface area (Å²) < 4.78 is 5.84. The van der Waals surface area contributed by atoms with Crippen molar-refractivity contribution in [1.82, 2.24) is 4.90 Å². The second kappa shape index (κ2) is 5.15. The number of carbonyl (C=O) groups excluding carboxylic acids is 2. The Bertz CT molecular complexity index is 556. The zero-order chi connectivity index (χ0) is 14.1. The molecule has 3 rings (SSSR count). The Balaban J connectivity index is 1.88. The third-order valence-electron chi connectivity index (χ3n) is 3.85. The fourth-order valence-electron chi connectivity index (χ4n) is 2.93. The van der Waals surface area contributed by atoms with Crippen molar-refractivity contribution in [3.05, 3.63) is 23.8 Å². The van der Waals surface area contributed by atoms with Gasteiger partial charge in [0.2, 0.25) is 11.8 Å². The molecule has 5 nitrogen and oxygen atoms in total. The molecule has 0 saturated carbocycles. The van der Waals surface area contributed by atoms with Gasteiger partial charge in [0.15, 0.2) is 0 Å². The van der Waals surface area contributed by atoms with Gasteiger partial charge in [-0.2, -0.15) is 0 Å². The molecule has 5 heteroatoms. The maximum Gasteiger partial charge on any atom is 0.227 e. The Morgan fingerprint density at radius 1 is 1.45 bits per heavy atom. The smallest absolute Gasteiger partial charge is 0.227 e. The van der Waals surface area contributed by atoms with E-state index in [4.69, 9.17) is 4.74 Å². The fourth-order valence-corrected chi connectivity index (χ4v) is 2.93. The summed E-state index contributed by atoms with van der Waals surface area (Å²) in [7, 11) is 0. The van der Waals surface area contributed by atoms with E-state index in [0.29, 0.717) is 18.7 Å². The first kappa shape index (κ1) is 13.0. The number of benzene rings is 1. The fraction of sp³-hybridized carbons (Fsp3) is 0.467. The number of nitrogens with zero attached hydrogens (tertiary/aromatic N) is 1. The van der Waals surface area contributed by atoms with Gasteiger partial charge in [-0.15, -0.1) is 0 Å². The summed E-state index contributed by atoms with van der Waals surface area (Å²) in [4.78, 5) is 25.4. The normalized spacial score (nSPS) is 21.4. The van der Waals surface area contributed by atoms with E-state index in [9.17, 15) is 9.59 Å². The van der Waals surface area contributed by atoms with Gasteiger partial charge < -0.3 is 15.0 Å². The average Bonchev–Trinajstić information content (AvgIpc) is 2.83. The molecular weight excluding hydrogens is 256 g/mol. The van der Waals surface area contributed by atoms with Crippen LogP contribution in [0.15, 0.2) is 18.2 Å². The van der Waals surface area contributed by atoms with E-state index in [-0.39, 0.29) is 17.9 Å². The largest absolute Gasteiger partial charge is 0.491 e. The molecule has 2 heterocycles. The standard InChI is InChI=1S/C15H18N2O3/c1-10(18)16-12-4-5-14-11(7-12)8-15(19)17-6-2-3-13(17)9-20-14/h4-5,7,13H,2-3,6,8-9H2,1H3,(H,16,18). The lowest BCUT2D eigenvalue weighted by atomic mass is 10.1. The van der Waals surface area contributed by atoms with Crippen molar-refractivity contribution in [2.45, 2.75) is 32.2 Å². The maximum atomic E-state index is 12.3. The lowest BCUT2D eigenvalue weighted by Crippen LogP contribution is -2.41. The minimum Gasteiger partial charge on any atom is -0.491 e. The van der Waals surface area contributed by atoms with Gasteiger partial charge in [-0.05, 0) is 31.0 Å². The van der Waals surface area contributed by atoms with Crippen molar-refractivity contribution in [2.75, 3.05) is 18.5 Å². The highest BCUT2D eigenvalue weighted by Crippen LogP contribution is 2.29. The van der Waals surface area contributed by atoms with E-state index < -0.39 is 0 Å². The van der Waals surface area contributed by atoms with Crippen LogP contribution in [0.3, 0.4) is 0 Å². The summed E-state index contributed by atoms with van der Waals surface area (Å²) in [5.74, 6) is 0.777. The predicted molar refractivity (Wildman–Crippen MR) is 74.7 cm³/mol. The van der Waals surface area contributed by atoms with Crippen LogP contribution in [0.5, 0.6) is 5.75 Å². The van der Waals surface area contributed by atoms with Gasteiger partial charge in [0, 0.05) is 24.7 Å². The van der Waals surface area contributed by atoms with E-state index in [1.54, 1.807) is 6.07 Å². The molecule has 20 heavy (non-hydrogen) atoms. The van der Waals surface area contributed by atoms with Gasteiger partial charge in [0.05, 0.1) is 12.5 Å². The Labute approximate surface area is 117 Å². The first-order valence-corrected chi connectivity index (χ1v) is 6.96. The molecule has 0 aliphatic carbocycles. The first-order valence-electron chi connectivity index (χ1n) is 6.96. The van der Waals surface area contributed by atoms with Crippen molar-refractivity contribution in [2.24, 2.45) is 0 Å². The number of ether oxygens (including phenoxy) is 1. The van der Waals surface area contributed by atoms with Crippen molar-refractivity contribution in [3.63, 3.8) is 0 Å². The zero-order valence-corrected chi connectivity index (χ0v) is 11.5. The SMILES string of the molecule is CC(=O)Nc1ccc2c(c1)CC(=O)N1CCCC1CO2. The molecule has 1 saturated heterocycles. The summed E-state index contributed by atoms with van der Waals surface area (Å²) in [6.45, 7) is 2.85. The Morgan fingerprint density at radius 2 is 2.30 bits per heavy atom. The molecule has 106 valence electrons. The molecule has 0 bridgehead atoms. The summed E-state index contributed by atoms with van der Waals surface area (Å²) in [6.07, 6.45) is 2.40. The van der Waals surface area contributed by atoms with E-state index in [1.807, 2.05) is 17.0 Å². The number of hydrogen-bond acceptors (Lipinski definition) is 3. The van der Waals surface area contributed by atoms with E-state index in [1.165, 1.54) is 6.92 Å². The van der Waals surface area contributed by atoms with Crippen LogP contribution < -0.4 is 10.1 Å². The number of amides is 2. The Hall–Kier alpha value is -2.04. The second-order valence-electron chi connectivity index (χ2n) is 5.37. The molecule has 2 aliphatic rings. The summed E-state index contributed by atoms with van der Waals surface area (Å²) in [6, 6.07) is 5.67. The number of carbonyl (C=O) groups is 2. The van der Waals surface area contributed by atoms with Crippen LogP contribution >= 0.6 is 0 Å². The van der Waals surface area contributed by atoms with E-state index in [0.717, 1.165) is 30.7 Å². The molecule has 1 aromatic rings. The highest BCUT2D eigenvalue weighted by atomic mass is 16.5. The molecule has 0 aromatic heterocycles. The summed E-state index contributed by atoms with van der Waals surface area (Å²) in [5.41, 5.74) is 1.54. The molecule has 2 aliphatic heterocycles. The molecule has 1 aromatic carbocycles. The first-order chi connectivity index (χ1) is 9.63. The van der Waals surface area contributed by atoms with Gasteiger partial charge in [0.1, 0.15) is 12.4 Å². The number of hydrogen-bond donors (Lipinski definition) is 1. The average molecular weight is 274 g/mol. The lowest BCUT2D eigenvalue weighted by Gasteiger charge is -2.28. The highest BCUT2D eigenvalue weighted by molar-refractivity contribution is 5.89. The Morgan fingerprint density at radius 3 is 3.10 bits per heavy atom. The van der Waals surface area contributed by atoms with Crippen LogP contribution in [0.2, 0.25) is 0 Å². The molecule has 1 atom stereocenters. The van der Waals surface area contributed by atoms with Crippen molar-refractivity contribution >= 4 is 17.5 Å². The molecule has 0 radical (unpaired) electrons. The van der Waals surface area contributed by atoms with Crippen LogP contribution in [0.1, 0.15) is 25.3 Å². The van der Waals surface area contributed by atoms with Gasteiger partial charge in [-0.25, -0.2) is 0 Å². The van der Waals surface area contributed by atoms with Crippen LogP contribution in [0.4, 0.5) is 5.69 Å². The minimum absolute atomic E-state index is 0.123. The minimum atomic E-state index is -0.123. The third kappa shape index (κ3) is 2.48. The number of rotatable bonds is 1. The van der Waals surface area contributed by atoms with Crippen LogP contribution in [-0.2, 0) is 16.0 Å². The van der Waals surface area contributed by atoms with Crippen LogP contribution in [0, 0.1) is 0 Å². The summed E-state index contributed by atoms with van der Waals surface area (Å²) >= 11 is 0. The number of nitrogens with one attached hydrogen (secondary N) is 1. The van der Waals surface area contributed by atoms with E-state index >= 15 is 0 Å². The second-order valence-corrected chi connectivity index (χ2v) is 5.37. The van der Waals surface area contributed by atoms with Gasteiger partial charge >= 0.3 is 0 Å². The quantitative estimate of drug-likeness (QED) is 0.845.